The fourth-order valence-electron chi connectivity index (χ4n) is 3.31. The van der Waals surface area contributed by atoms with Crippen LogP contribution in [0.5, 0.6) is 5.75 Å². The van der Waals surface area contributed by atoms with Gasteiger partial charge in [0.05, 0.1) is 29.6 Å². The molecule has 0 saturated heterocycles. The van der Waals surface area contributed by atoms with E-state index in [9.17, 15) is 15.5 Å². The van der Waals surface area contributed by atoms with Gasteiger partial charge in [0, 0.05) is 39.8 Å². The Morgan fingerprint density at radius 1 is 1.32 bits per heavy atom. The Kier molecular flexibility index (Phi) is 4.69. The second-order valence-electron chi connectivity index (χ2n) is 6.28. The Morgan fingerprint density at radius 3 is 2.80 bits per heavy atom. The van der Waals surface area contributed by atoms with Gasteiger partial charge in [-0.25, -0.2) is 0 Å². The maximum atomic E-state index is 9.89. The van der Waals surface area contributed by atoms with Crippen molar-refractivity contribution in [3.05, 3.63) is 58.6 Å². The van der Waals surface area contributed by atoms with Gasteiger partial charge in [-0.3, -0.25) is 0 Å². The molecule has 0 bridgehead atoms. The molecule has 3 N–H and O–H groups in total. The van der Waals surface area contributed by atoms with Crippen LogP contribution in [0.25, 0.3) is 4.48 Å². The van der Waals surface area contributed by atoms with E-state index in [2.05, 4.69) is 28.1 Å². The molecule has 6 heteroatoms. The molecule has 0 fully saturated rings. The zero-order chi connectivity index (χ0) is 18.1. The molecule has 1 heterocycles. The predicted molar refractivity (Wildman–Crippen MR) is 100 cm³/mol. The molecular weight excluding hydrogens is 382 g/mol. The lowest BCUT2D eigenvalue weighted by Gasteiger charge is -2.27. The Labute approximate surface area is 154 Å². The minimum atomic E-state index is -0.00178. The summed E-state index contributed by atoms with van der Waals surface area (Å²) in [5.74, 6) is 0.484. The van der Waals surface area contributed by atoms with Crippen LogP contribution < -0.4 is 0 Å². The van der Waals surface area contributed by atoms with E-state index in [1.54, 1.807) is 12.1 Å². The summed E-state index contributed by atoms with van der Waals surface area (Å²) >= 11 is 3.53. The Bertz CT molecular complexity index is 877. The lowest BCUT2D eigenvalue weighted by molar-refractivity contribution is 0.351. The van der Waals surface area contributed by atoms with E-state index in [4.69, 9.17) is 5.41 Å². The third kappa shape index (κ3) is 3.33. The number of nitrogens with one attached hydrogen (secondary N) is 1. The molecule has 25 heavy (non-hydrogen) atoms. The zero-order valence-corrected chi connectivity index (χ0v) is 15.3. The first-order valence-corrected chi connectivity index (χ1v) is 8.77. The number of aliphatic hydroxyl groups is 1. The summed E-state index contributed by atoms with van der Waals surface area (Å²) in [7, 11) is 0. The monoisotopic (exact) mass is 399 g/mol. The number of halogens is 1. The number of benzene rings is 1. The molecule has 1 atom stereocenters. The predicted octanol–water partition coefficient (Wildman–Crippen LogP) is 4.40. The van der Waals surface area contributed by atoms with E-state index < -0.39 is 0 Å². The molecule has 0 saturated carbocycles. The van der Waals surface area contributed by atoms with Crippen molar-refractivity contribution >= 4 is 26.1 Å². The van der Waals surface area contributed by atoms with Crippen molar-refractivity contribution in [2.45, 2.75) is 19.8 Å². The molecular formula is C19H18BrN3O2. The van der Waals surface area contributed by atoms with E-state index in [1.165, 1.54) is 6.07 Å². The van der Waals surface area contributed by atoms with Crippen molar-refractivity contribution in [3.8, 4) is 11.8 Å². The van der Waals surface area contributed by atoms with Crippen molar-refractivity contribution in [1.82, 2.24) is 4.90 Å². The minimum absolute atomic E-state index is 0.00178. The molecule has 1 aliphatic carbocycles. The Balaban J connectivity index is 2.05. The second kappa shape index (κ2) is 6.77. The first-order valence-electron chi connectivity index (χ1n) is 7.98. The number of phenolic OH excluding ortho intramolecular Hbond substituents is 1. The lowest BCUT2D eigenvalue weighted by atomic mass is 9.97. The van der Waals surface area contributed by atoms with Crippen molar-refractivity contribution < 1.29 is 10.2 Å². The molecule has 2 aliphatic rings. The largest absolute Gasteiger partial charge is 0.513 e. The second-order valence-corrected chi connectivity index (χ2v) is 7.13. The highest BCUT2D eigenvalue weighted by molar-refractivity contribution is 9.15. The quantitative estimate of drug-likeness (QED) is 0.652. The normalized spacial score (nSPS) is 20.5. The fraction of sp³-hybridized carbons (Fsp3) is 0.263. The van der Waals surface area contributed by atoms with Crippen LogP contribution in [0.3, 0.4) is 0 Å². The average molecular weight is 400 g/mol. The maximum Gasteiger partial charge on any atom is 0.117 e. The van der Waals surface area contributed by atoms with Gasteiger partial charge in [0.25, 0.3) is 0 Å². The fourth-order valence-corrected chi connectivity index (χ4v) is 3.87. The standard InChI is InChI=1S/C19H18BrN3O2/c1-11-5-13(24)3-2-4-18(11)23-9-16(20)15-7-14(25)6-12(8-21)19(15)17(22)10-23/h3-4,6-7,9,11,22,24-25H,2,5,10H2,1H3. The van der Waals surface area contributed by atoms with Crippen LogP contribution in [0.1, 0.15) is 36.5 Å². The third-order valence-electron chi connectivity index (χ3n) is 4.43. The zero-order valence-electron chi connectivity index (χ0n) is 13.8. The topological polar surface area (TPSA) is 91.3 Å². The first-order chi connectivity index (χ1) is 11.9. The van der Waals surface area contributed by atoms with Gasteiger partial charge in [-0.1, -0.05) is 13.0 Å². The lowest BCUT2D eigenvalue weighted by Crippen LogP contribution is -2.27. The van der Waals surface area contributed by atoms with Gasteiger partial charge in [0.2, 0.25) is 0 Å². The molecule has 1 aromatic rings. The summed E-state index contributed by atoms with van der Waals surface area (Å²) in [6.07, 6.45) is 6.92. The van der Waals surface area contributed by atoms with Crippen molar-refractivity contribution in [2.24, 2.45) is 5.92 Å². The average Bonchev–Trinajstić information content (AvgIpc) is 2.79. The van der Waals surface area contributed by atoms with Gasteiger partial charge in [0.15, 0.2) is 0 Å². The van der Waals surface area contributed by atoms with E-state index in [0.29, 0.717) is 46.5 Å². The highest BCUT2D eigenvalue weighted by atomic mass is 79.9. The number of rotatable bonds is 1. The van der Waals surface area contributed by atoms with Crippen LogP contribution >= 0.6 is 15.9 Å². The Hall–Kier alpha value is -2.52. The number of allylic oxidation sites excluding steroid dienone is 4. The molecule has 0 spiro atoms. The molecule has 128 valence electrons. The van der Waals surface area contributed by atoms with E-state index >= 15 is 0 Å². The highest BCUT2D eigenvalue weighted by Gasteiger charge is 2.26. The maximum absolute atomic E-state index is 9.89. The molecule has 3 rings (SSSR count). The van der Waals surface area contributed by atoms with E-state index in [0.717, 1.165) is 5.70 Å². The van der Waals surface area contributed by atoms with Gasteiger partial charge in [-0.2, -0.15) is 5.26 Å². The summed E-state index contributed by atoms with van der Waals surface area (Å²) in [6.45, 7) is 2.36. The highest BCUT2D eigenvalue weighted by Crippen LogP contribution is 2.36. The van der Waals surface area contributed by atoms with Crippen LogP contribution in [0, 0.1) is 22.7 Å². The number of aliphatic hydroxyl groups excluding tert-OH is 1. The molecule has 1 aromatic carbocycles. The number of hydrogen-bond acceptors (Lipinski definition) is 5. The van der Waals surface area contributed by atoms with Gasteiger partial charge in [-0.15, -0.1) is 0 Å². The van der Waals surface area contributed by atoms with Crippen LogP contribution in [0.15, 0.2) is 41.9 Å². The van der Waals surface area contributed by atoms with Crippen molar-refractivity contribution in [1.29, 1.82) is 10.7 Å². The first kappa shape index (κ1) is 17.3. The number of hydrogen-bond donors (Lipinski definition) is 3. The van der Waals surface area contributed by atoms with Crippen LogP contribution in [-0.4, -0.2) is 27.4 Å². The number of nitrogens with zero attached hydrogens (tertiary/aromatic N) is 2. The van der Waals surface area contributed by atoms with Gasteiger partial charge in [-0.05, 0) is 40.6 Å². The van der Waals surface area contributed by atoms with E-state index in [1.807, 2.05) is 18.0 Å². The number of nitriles is 1. The van der Waals surface area contributed by atoms with E-state index in [-0.39, 0.29) is 17.2 Å². The summed E-state index contributed by atoms with van der Waals surface area (Å²) in [6, 6.07) is 5.02. The summed E-state index contributed by atoms with van der Waals surface area (Å²) in [5, 5.41) is 37.6. The minimum Gasteiger partial charge on any atom is -0.513 e. The number of aromatic hydroxyl groups is 1. The molecule has 1 unspecified atom stereocenters. The smallest absolute Gasteiger partial charge is 0.117 e. The molecule has 0 amide bonds. The molecule has 0 aromatic heterocycles. The van der Waals surface area contributed by atoms with Gasteiger partial charge >= 0.3 is 0 Å². The van der Waals surface area contributed by atoms with Crippen LogP contribution in [0.2, 0.25) is 0 Å². The molecule has 0 radical (unpaired) electrons. The molecule has 1 aliphatic heterocycles. The van der Waals surface area contributed by atoms with Crippen molar-refractivity contribution in [2.75, 3.05) is 6.54 Å². The van der Waals surface area contributed by atoms with Gasteiger partial charge < -0.3 is 20.5 Å². The van der Waals surface area contributed by atoms with Gasteiger partial charge in [0.1, 0.15) is 5.75 Å². The van der Waals surface area contributed by atoms with Crippen LogP contribution in [0.4, 0.5) is 0 Å². The van der Waals surface area contributed by atoms with Crippen molar-refractivity contribution in [3.63, 3.8) is 0 Å². The summed E-state index contributed by atoms with van der Waals surface area (Å²) < 4.78 is 0.701. The number of phenols is 1. The number of fused-ring (bicyclic) bond motifs is 1. The summed E-state index contributed by atoms with van der Waals surface area (Å²) in [5.41, 5.74) is 2.79. The molecule has 5 nitrogen and oxygen atoms in total. The summed E-state index contributed by atoms with van der Waals surface area (Å²) in [4.78, 5) is 1.97. The van der Waals surface area contributed by atoms with Crippen LogP contribution in [-0.2, 0) is 0 Å². The SMILES string of the molecule is CC1CC(O)=CCC=C1N1C=C(Br)c2cc(O)cc(C#N)c2C(=N)C1. The third-order valence-corrected chi connectivity index (χ3v) is 5.06. The Morgan fingerprint density at radius 2 is 2.08 bits per heavy atom.